The van der Waals surface area contributed by atoms with Crippen LogP contribution in [0.5, 0.6) is 0 Å². The molecule has 2 heterocycles. The van der Waals surface area contributed by atoms with Crippen molar-refractivity contribution in [1.29, 1.82) is 0 Å². The van der Waals surface area contributed by atoms with E-state index in [-0.39, 0.29) is 10.7 Å². The Morgan fingerprint density at radius 3 is 2.67 bits per heavy atom. The van der Waals surface area contributed by atoms with Crippen LogP contribution in [0.15, 0.2) is 35.6 Å². The van der Waals surface area contributed by atoms with Crippen LogP contribution in [0.1, 0.15) is 5.82 Å². The van der Waals surface area contributed by atoms with Crippen LogP contribution in [0.2, 0.25) is 5.15 Å². The van der Waals surface area contributed by atoms with Gasteiger partial charge in [0.25, 0.3) is 5.56 Å². The normalized spacial score (nSPS) is 10.2. The van der Waals surface area contributed by atoms with Crippen molar-refractivity contribution >= 4 is 11.6 Å². The van der Waals surface area contributed by atoms with Gasteiger partial charge in [0.15, 0.2) is 5.15 Å². The molecule has 0 bridgehead atoms. The van der Waals surface area contributed by atoms with Gasteiger partial charge in [0.05, 0.1) is 6.54 Å². The molecular formula is C9H7ClN4O. The van der Waals surface area contributed by atoms with Crippen LogP contribution in [0.3, 0.4) is 0 Å². The zero-order valence-corrected chi connectivity index (χ0v) is 8.42. The molecule has 0 saturated carbocycles. The SMILES string of the molecule is O=c1c(Cl)nccn1Cc1ncccn1. The van der Waals surface area contributed by atoms with E-state index in [0.717, 1.165) is 0 Å². The summed E-state index contributed by atoms with van der Waals surface area (Å²) in [6.07, 6.45) is 6.25. The average Bonchev–Trinajstić information content (AvgIpc) is 2.26. The van der Waals surface area contributed by atoms with Gasteiger partial charge in [-0.25, -0.2) is 15.0 Å². The number of hydrogen-bond donors (Lipinski definition) is 0. The van der Waals surface area contributed by atoms with E-state index >= 15 is 0 Å². The quantitative estimate of drug-likeness (QED) is 0.752. The molecular weight excluding hydrogens is 216 g/mol. The highest BCUT2D eigenvalue weighted by molar-refractivity contribution is 6.29. The van der Waals surface area contributed by atoms with Gasteiger partial charge in [-0.2, -0.15) is 0 Å². The summed E-state index contributed by atoms with van der Waals surface area (Å²) in [6, 6.07) is 1.71. The third-order valence-electron chi connectivity index (χ3n) is 1.80. The first kappa shape index (κ1) is 9.79. The second-order valence-corrected chi connectivity index (χ2v) is 3.17. The van der Waals surface area contributed by atoms with E-state index in [1.165, 1.54) is 10.8 Å². The summed E-state index contributed by atoms with van der Waals surface area (Å²) in [6.45, 7) is 0.294. The van der Waals surface area contributed by atoms with E-state index in [0.29, 0.717) is 12.4 Å². The molecule has 0 unspecified atom stereocenters. The van der Waals surface area contributed by atoms with Crippen LogP contribution in [-0.4, -0.2) is 19.5 Å². The molecule has 6 heteroatoms. The molecule has 0 N–H and O–H groups in total. The molecule has 2 aromatic rings. The van der Waals surface area contributed by atoms with Gasteiger partial charge in [-0.1, -0.05) is 11.6 Å². The number of halogens is 1. The highest BCUT2D eigenvalue weighted by Gasteiger charge is 2.03. The molecule has 5 nitrogen and oxygen atoms in total. The maximum atomic E-state index is 11.5. The molecule has 0 aliphatic rings. The van der Waals surface area contributed by atoms with Gasteiger partial charge in [0.1, 0.15) is 5.82 Å². The van der Waals surface area contributed by atoms with Crippen LogP contribution >= 0.6 is 11.6 Å². The number of rotatable bonds is 2. The second kappa shape index (κ2) is 4.18. The largest absolute Gasteiger partial charge is 0.304 e. The van der Waals surface area contributed by atoms with Crippen molar-refractivity contribution in [3.63, 3.8) is 0 Å². The Labute approximate surface area is 90.4 Å². The van der Waals surface area contributed by atoms with E-state index in [2.05, 4.69) is 15.0 Å². The van der Waals surface area contributed by atoms with Gasteiger partial charge in [0, 0.05) is 24.8 Å². The lowest BCUT2D eigenvalue weighted by molar-refractivity contribution is 0.706. The van der Waals surface area contributed by atoms with Crippen molar-refractivity contribution in [2.75, 3.05) is 0 Å². The molecule has 15 heavy (non-hydrogen) atoms. The van der Waals surface area contributed by atoms with Crippen molar-refractivity contribution in [1.82, 2.24) is 19.5 Å². The van der Waals surface area contributed by atoms with Crippen molar-refractivity contribution in [2.45, 2.75) is 6.54 Å². The van der Waals surface area contributed by atoms with Gasteiger partial charge in [-0.05, 0) is 6.07 Å². The zero-order valence-electron chi connectivity index (χ0n) is 7.67. The Bertz CT molecular complexity index is 511. The molecule has 0 aromatic carbocycles. The molecule has 0 atom stereocenters. The summed E-state index contributed by atoms with van der Waals surface area (Å²) in [7, 11) is 0. The predicted molar refractivity (Wildman–Crippen MR) is 54.6 cm³/mol. The lowest BCUT2D eigenvalue weighted by Crippen LogP contribution is -2.22. The molecule has 0 aliphatic heterocycles. The monoisotopic (exact) mass is 222 g/mol. The molecule has 76 valence electrons. The third-order valence-corrected chi connectivity index (χ3v) is 2.06. The molecule has 0 aliphatic carbocycles. The first-order chi connectivity index (χ1) is 7.27. The summed E-state index contributed by atoms with van der Waals surface area (Å²) in [4.78, 5) is 23.2. The Morgan fingerprint density at radius 1 is 1.20 bits per heavy atom. The van der Waals surface area contributed by atoms with Crippen LogP contribution in [0, 0.1) is 0 Å². The van der Waals surface area contributed by atoms with Gasteiger partial charge in [-0.3, -0.25) is 4.79 Å². The predicted octanol–water partition coefficient (Wildman–Crippen LogP) is 0.735. The lowest BCUT2D eigenvalue weighted by atomic mass is 10.5. The van der Waals surface area contributed by atoms with Crippen molar-refractivity contribution in [3.05, 3.63) is 52.2 Å². The Morgan fingerprint density at radius 2 is 1.93 bits per heavy atom. The first-order valence-corrected chi connectivity index (χ1v) is 4.62. The smallest absolute Gasteiger partial charge is 0.288 e. The minimum Gasteiger partial charge on any atom is -0.304 e. The molecule has 0 spiro atoms. The molecule has 0 radical (unpaired) electrons. The number of hydrogen-bond acceptors (Lipinski definition) is 4. The highest BCUT2D eigenvalue weighted by atomic mass is 35.5. The van der Waals surface area contributed by atoms with E-state index in [9.17, 15) is 4.79 Å². The molecule has 0 fully saturated rings. The fourth-order valence-electron chi connectivity index (χ4n) is 1.11. The second-order valence-electron chi connectivity index (χ2n) is 2.82. The average molecular weight is 223 g/mol. The minimum atomic E-state index is -0.341. The summed E-state index contributed by atoms with van der Waals surface area (Å²) < 4.78 is 1.41. The van der Waals surface area contributed by atoms with E-state index in [4.69, 9.17) is 11.6 Å². The maximum absolute atomic E-state index is 11.5. The summed E-state index contributed by atoms with van der Waals surface area (Å²) in [5, 5.41) is -0.0477. The van der Waals surface area contributed by atoms with E-state index in [1.807, 2.05) is 0 Å². The highest BCUT2D eigenvalue weighted by Crippen LogP contribution is 1.96. The third kappa shape index (κ3) is 2.19. The Hall–Kier alpha value is -1.75. The van der Waals surface area contributed by atoms with Gasteiger partial charge < -0.3 is 4.57 Å². The van der Waals surface area contributed by atoms with Crippen LogP contribution in [0.25, 0.3) is 0 Å². The Kier molecular flexibility index (Phi) is 2.73. The number of nitrogens with zero attached hydrogens (tertiary/aromatic N) is 4. The van der Waals surface area contributed by atoms with Gasteiger partial charge in [0.2, 0.25) is 0 Å². The fourth-order valence-corrected chi connectivity index (χ4v) is 1.27. The fraction of sp³-hybridized carbons (Fsp3) is 0.111. The van der Waals surface area contributed by atoms with Crippen LogP contribution < -0.4 is 5.56 Å². The maximum Gasteiger partial charge on any atom is 0.288 e. The van der Waals surface area contributed by atoms with Crippen molar-refractivity contribution < 1.29 is 0 Å². The lowest BCUT2D eigenvalue weighted by Gasteiger charge is -2.03. The van der Waals surface area contributed by atoms with Gasteiger partial charge >= 0.3 is 0 Å². The standard InChI is InChI=1S/C9H7ClN4O/c10-8-9(15)14(5-4-13-8)6-7-11-2-1-3-12-7/h1-5H,6H2. The number of aromatic nitrogens is 4. The first-order valence-electron chi connectivity index (χ1n) is 4.24. The topological polar surface area (TPSA) is 60.7 Å². The van der Waals surface area contributed by atoms with E-state index < -0.39 is 0 Å². The van der Waals surface area contributed by atoms with Crippen molar-refractivity contribution in [2.24, 2.45) is 0 Å². The molecule has 2 aromatic heterocycles. The minimum absolute atomic E-state index is 0.0477. The Balaban J connectivity index is 2.33. The summed E-state index contributed by atoms with van der Waals surface area (Å²) in [5.74, 6) is 0.557. The molecule has 0 amide bonds. The zero-order chi connectivity index (χ0) is 10.7. The summed E-state index contributed by atoms with van der Waals surface area (Å²) in [5.41, 5.74) is -0.341. The van der Waals surface area contributed by atoms with E-state index in [1.54, 1.807) is 24.7 Å². The molecule has 2 rings (SSSR count). The van der Waals surface area contributed by atoms with Gasteiger partial charge in [-0.15, -0.1) is 0 Å². The molecule has 0 saturated heterocycles. The van der Waals surface area contributed by atoms with Crippen LogP contribution in [0.4, 0.5) is 0 Å². The van der Waals surface area contributed by atoms with Crippen molar-refractivity contribution in [3.8, 4) is 0 Å². The summed E-state index contributed by atoms with van der Waals surface area (Å²) >= 11 is 5.59. The van der Waals surface area contributed by atoms with Crippen LogP contribution in [-0.2, 0) is 6.54 Å².